The number of methoxy groups -OCH3 is 1. The molecule has 228 valence electrons. The fraction of sp³-hybridized carbons (Fsp3) is 0.333. The van der Waals surface area contributed by atoms with Gasteiger partial charge in [0.25, 0.3) is 5.91 Å². The molecule has 0 bridgehead atoms. The minimum absolute atomic E-state index is 0.0437. The van der Waals surface area contributed by atoms with Crippen LogP contribution in [-0.4, -0.2) is 78.7 Å². The Balaban J connectivity index is 1.15. The van der Waals surface area contributed by atoms with Crippen molar-refractivity contribution < 1.29 is 13.9 Å². The normalized spacial score (nSPS) is 14.8. The standard InChI is InChI=1S/C36H41N5O3/c1-38(35(42)29-10-4-3-5-11-29)26-31(30-12-8-13-32(24-30)43-2)16-20-39-18-9-19-40(22-21-39)36-37-33-14-6-7-15-34(33)41(36)25-28-17-23-44-27-28/h3-8,10-15,17,23-24,27,31H,9,16,18-22,25-26H2,1-2H3. The maximum atomic E-state index is 13.2. The Hall–Kier alpha value is -4.56. The van der Waals surface area contributed by atoms with Gasteiger partial charge < -0.3 is 28.4 Å². The highest BCUT2D eigenvalue weighted by Crippen LogP contribution is 2.28. The van der Waals surface area contributed by atoms with E-state index in [0.29, 0.717) is 12.1 Å². The fourth-order valence-corrected chi connectivity index (χ4v) is 6.23. The molecule has 1 aliphatic heterocycles. The van der Waals surface area contributed by atoms with Gasteiger partial charge in [0.15, 0.2) is 0 Å². The van der Waals surface area contributed by atoms with Crippen molar-refractivity contribution in [3.63, 3.8) is 0 Å². The number of furan rings is 1. The first-order valence-corrected chi connectivity index (χ1v) is 15.5. The molecule has 44 heavy (non-hydrogen) atoms. The fourth-order valence-electron chi connectivity index (χ4n) is 6.23. The van der Waals surface area contributed by atoms with E-state index >= 15 is 0 Å². The average Bonchev–Trinajstić information content (AvgIpc) is 3.65. The summed E-state index contributed by atoms with van der Waals surface area (Å²) >= 11 is 0. The van der Waals surface area contributed by atoms with Gasteiger partial charge >= 0.3 is 0 Å². The number of carbonyl (C=O) groups excluding carboxylic acids is 1. The second kappa shape index (κ2) is 13.8. The van der Waals surface area contributed by atoms with Crippen molar-refractivity contribution in [2.24, 2.45) is 0 Å². The number of hydrogen-bond acceptors (Lipinski definition) is 6. The maximum absolute atomic E-state index is 13.2. The van der Waals surface area contributed by atoms with Crippen molar-refractivity contribution in [2.45, 2.75) is 25.3 Å². The zero-order chi connectivity index (χ0) is 30.3. The molecule has 6 rings (SSSR count). The predicted octanol–water partition coefficient (Wildman–Crippen LogP) is 6.14. The summed E-state index contributed by atoms with van der Waals surface area (Å²) < 4.78 is 13.2. The number of nitrogens with zero attached hydrogens (tertiary/aromatic N) is 5. The third-order valence-electron chi connectivity index (χ3n) is 8.65. The number of aromatic nitrogens is 2. The van der Waals surface area contributed by atoms with E-state index in [4.69, 9.17) is 14.1 Å². The van der Waals surface area contributed by atoms with Crippen LogP contribution < -0.4 is 9.64 Å². The molecular weight excluding hydrogens is 550 g/mol. The van der Waals surface area contributed by atoms with Gasteiger partial charge in [-0.3, -0.25) is 4.79 Å². The Kier molecular flexibility index (Phi) is 9.27. The number of fused-ring (bicyclic) bond motifs is 1. The quantitative estimate of drug-likeness (QED) is 0.184. The summed E-state index contributed by atoms with van der Waals surface area (Å²) in [6.07, 6.45) is 5.54. The van der Waals surface area contributed by atoms with Crippen molar-refractivity contribution in [2.75, 3.05) is 58.3 Å². The van der Waals surface area contributed by atoms with Crippen LogP contribution in [0.4, 0.5) is 5.95 Å². The summed E-state index contributed by atoms with van der Waals surface area (Å²) in [5.74, 6) is 2.08. The van der Waals surface area contributed by atoms with Crippen LogP contribution >= 0.6 is 0 Å². The summed E-state index contributed by atoms with van der Waals surface area (Å²) in [6, 6.07) is 28.2. The van der Waals surface area contributed by atoms with E-state index in [9.17, 15) is 4.79 Å². The number of carbonyl (C=O) groups is 1. The van der Waals surface area contributed by atoms with Crippen LogP contribution in [0, 0.1) is 0 Å². The Labute approximate surface area is 259 Å². The summed E-state index contributed by atoms with van der Waals surface area (Å²) in [4.78, 5) is 25.2. The van der Waals surface area contributed by atoms with Gasteiger partial charge in [-0.25, -0.2) is 4.98 Å². The molecule has 0 N–H and O–H groups in total. The van der Waals surface area contributed by atoms with Gasteiger partial charge in [0.1, 0.15) is 5.75 Å². The molecule has 5 aromatic rings. The largest absolute Gasteiger partial charge is 0.497 e. The third-order valence-corrected chi connectivity index (χ3v) is 8.65. The first kappa shape index (κ1) is 29.5. The predicted molar refractivity (Wildman–Crippen MR) is 175 cm³/mol. The molecule has 8 nitrogen and oxygen atoms in total. The van der Waals surface area contributed by atoms with Crippen LogP contribution in [0.25, 0.3) is 11.0 Å². The second-order valence-electron chi connectivity index (χ2n) is 11.6. The molecule has 1 atom stereocenters. The minimum Gasteiger partial charge on any atom is -0.497 e. The molecule has 8 heteroatoms. The van der Waals surface area contributed by atoms with Crippen molar-refractivity contribution in [1.82, 2.24) is 19.4 Å². The van der Waals surface area contributed by atoms with Gasteiger partial charge in [-0.15, -0.1) is 0 Å². The number of ether oxygens (including phenoxy) is 1. The third kappa shape index (κ3) is 6.81. The first-order valence-electron chi connectivity index (χ1n) is 15.5. The van der Waals surface area contributed by atoms with Crippen molar-refractivity contribution in [3.8, 4) is 5.75 Å². The minimum atomic E-state index is 0.0437. The molecule has 1 saturated heterocycles. The highest BCUT2D eigenvalue weighted by molar-refractivity contribution is 5.94. The molecule has 3 heterocycles. The zero-order valence-electron chi connectivity index (χ0n) is 25.6. The highest BCUT2D eigenvalue weighted by Gasteiger charge is 2.24. The van der Waals surface area contributed by atoms with E-state index in [0.717, 1.165) is 80.4 Å². The number of likely N-dealkylation sites (N-methyl/N-ethyl adjacent to an activating group) is 1. The van der Waals surface area contributed by atoms with Gasteiger partial charge in [-0.2, -0.15) is 0 Å². The number of para-hydroxylation sites is 2. The van der Waals surface area contributed by atoms with Crippen LogP contribution in [0.5, 0.6) is 5.75 Å². The number of amides is 1. The van der Waals surface area contributed by atoms with E-state index in [1.807, 2.05) is 66.7 Å². The smallest absolute Gasteiger partial charge is 0.253 e. The van der Waals surface area contributed by atoms with Crippen LogP contribution in [0.1, 0.15) is 40.2 Å². The average molecular weight is 592 g/mol. The maximum Gasteiger partial charge on any atom is 0.253 e. The summed E-state index contributed by atoms with van der Waals surface area (Å²) in [7, 11) is 3.60. The highest BCUT2D eigenvalue weighted by atomic mass is 16.5. The summed E-state index contributed by atoms with van der Waals surface area (Å²) in [5, 5.41) is 0. The molecule has 3 aromatic carbocycles. The van der Waals surface area contributed by atoms with Gasteiger partial charge in [-0.1, -0.05) is 42.5 Å². The Morgan fingerprint density at radius 3 is 2.64 bits per heavy atom. The molecule has 1 amide bonds. The van der Waals surface area contributed by atoms with Crippen molar-refractivity contribution in [1.29, 1.82) is 0 Å². The number of hydrogen-bond donors (Lipinski definition) is 0. The topological polar surface area (TPSA) is 67.0 Å². The van der Waals surface area contributed by atoms with E-state index in [2.05, 4.69) is 50.8 Å². The van der Waals surface area contributed by atoms with Gasteiger partial charge in [-0.05, 0) is 74.0 Å². The van der Waals surface area contributed by atoms with Crippen LogP contribution in [0.15, 0.2) is 102 Å². The molecule has 0 radical (unpaired) electrons. The molecule has 1 unspecified atom stereocenters. The van der Waals surface area contributed by atoms with E-state index < -0.39 is 0 Å². The van der Waals surface area contributed by atoms with Crippen LogP contribution in [0.3, 0.4) is 0 Å². The number of rotatable bonds is 11. The lowest BCUT2D eigenvalue weighted by Gasteiger charge is -2.28. The van der Waals surface area contributed by atoms with E-state index in [1.54, 1.807) is 13.4 Å². The lowest BCUT2D eigenvalue weighted by Crippen LogP contribution is -2.35. The zero-order valence-corrected chi connectivity index (χ0v) is 25.6. The molecule has 1 fully saturated rings. The van der Waals surface area contributed by atoms with E-state index in [1.165, 1.54) is 5.56 Å². The Morgan fingerprint density at radius 2 is 1.82 bits per heavy atom. The lowest BCUT2D eigenvalue weighted by atomic mass is 9.94. The molecular formula is C36H41N5O3. The Bertz CT molecular complexity index is 1650. The Morgan fingerprint density at radius 1 is 0.977 bits per heavy atom. The molecule has 0 saturated carbocycles. The summed E-state index contributed by atoms with van der Waals surface area (Å²) in [5.41, 5.74) is 5.19. The second-order valence-corrected chi connectivity index (χ2v) is 11.6. The van der Waals surface area contributed by atoms with Crippen molar-refractivity contribution in [3.05, 3.63) is 114 Å². The van der Waals surface area contributed by atoms with Gasteiger partial charge in [0.2, 0.25) is 5.95 Å². The number of imidazole rings is 1. The van der Waals surface area contributed by atoms with Crippen LogP contribution in [-0.2, 0) is 6.54 Å². The number of benzene rings is 3. The number of anilines is 1. The SMILES string of the molecule is COc1cccc(C(CCN2CCCN(c3nc4ccccc4n3Cc3ccoc3)CC2)CN(C)C(=O)c2ccccc2)c1. The first-order chi connectivity index (χ1) is 21.6. The molecule has 0 aliphatic carbocycles. The lowest BCUT2D eigenvalue weighted by molar-refractivity contribution is 0.0782. The molecule has 2 aromatic heterocycles. The van der Waals surface area contributed by atoms with Gasteiger partial charge in [0.05, 0.1) is 37.2 Å². The van der Waals surface area contributed by atoms with Crippen LogP contribution in [0.2, 0.25) is 0 Å². The van der Waals surface area contributed by atoms with Gasteiger partial charge in [0, 0.05) is 50.3 Å². The van der Waals surface area contributed by atoms with Crippen molar-refractivity contribution >= 4 is 22.9 Å². The molecule has 1 aliphatic rings. The molecule has 0 spiro atoms. The van der Waals surface area contributed by atoms with E-state index in [-0.39, 0.29) is 11.8 Å². The monoisotopic (exact) mass is 591 g/mol. The summed E-state index contributed by atoms with van der Waals surface area (Å²) in [6.45, 7) is 6.17.